The van der Waals surface area contributed by atoms with E-state index in [0.717, 1.165) is 61.8 Å². The van der Waals surface area contributed by atoms with Crippen molar-refractivity contribution in [3.63, 3.8) is 0 Å². The molecule has 0 radical (unpaired) electrons. The Labute approximate surface area is 392 Å². The molecule has 0 aliphatic heterocycles. The second-order valence-corrected chi connectivity index (χ2v) is 16.6. The Kier molecular flexibility index (Phi) is 11.4. The van der Waals surface area contributed by atoms with Crippen LogP contribution in [0.3, 0.4) is 0 Å². The van der Waals surface area contributed by atoms with Crippen LogP contribution in [-0.2, 0) is 0 Å². The third-order valence-electron chi connectivity index (χ3n) is 12.3. The number of hydrogen-bond acceptors (Lipinski definition) is 3. The van der Waals surface area contributed by atoms with Crippen LogP contribution in [-0.4, -0.2) is 9.97 Å². The Bertz CT molecular complexity index is 3270. The lowest BCUT2D eigenvalue weighted by Crippen LogP contribution is -2.09. The van der Waals surface area contributed by atoms with Crippen LogP contribution in [0.25, 0.3) is 89.5 Å². The maximum Gasteiger partial charge on any atom is 0.160 e. The van der Waals surface area contributed by atoms with E-state index in [9.17, 15) is 0 Å². The molecular formula is C64H45N3. The standard InChI is InChI=1S/C64H45N3/c1-5-14-46(15-6-1)49-24-30-54(31-25-49)62-45-63(66-64(65-62)56-34-28-50(29-35-56)47-16-7-2-8-17-47)55-32-26-51(27-33-55)52-36-40-60(41-37-52)67(59-22-11-4-12-23-59)61-42-38-53(39-43-61)58-21-13-20-57(44-58)48-18-9-3-10-19-48/h1-45H. The molecule has 0 aliphatic carbocycles. The number of nitrogens with zero attached hydrogens (tertiary/aromatic N) is 3. The summed E-state index contributed by atoms with van der Waals surface area (Å²) in [5.74, 6) is 0.689. The molecular weight excluding hydrogens is 811 g/mol. The zero-order chi connectivity index (χ0) is 44.8. The Morgan fingerprint density at radius 3 is 0.866 bits per heavy atom. The Hall–Kier alpha value is -8.92. The first-order chi connectivity index (χ1) is 33.2. The van der Waals surface area contributed by atoms with E-state index in [2.05, 4.69) is 266 Å². The largest absolute Gasteiger partial charge is 0.311 e. The fourth-order valence-electron chi connectivity index (χ4n) is 8.75. The molecule has 316 valence electrons. The molecule has 0 unspecified atom stereocenters. The van der Waals surface area contributed by atoms with Gasteiger partial charge in [-0.3, -0.25) is 0 Å². The summed E-state index contributed by atoms with van der Waals surface area (Å²) in [7, 11) is 0. The summed E-state index contributed by atoms with van der Waals surface area (Å²) in [5, 5.41) is 0. The maximum absolute atomic E-state index is 5.18. The normalized spacial score (nSPS) is 11.0. The lowest BCUT2D eigenvalue weighted by molar-refractivity contribution is 1.18. The highest BCUT2D eigenvalue weighted by molar-refractivity contribution is 5.82. The van der Waals surface area contributed by atoms with Gasteiger partial charge < -0.3 is 4.90 Å². The molecule has 0 spiro atoms. The van der Waals surface area contributed by atoms with Gasteiger partial charge in [0.2, 0.25) is 0 Å². The van der Waals surface area contributed by atoms with Crippen molar-refractivity contribution in [1.29, 1.82) is 0 Å². The molecule has 0 saturated carbocycles. The van der Waals surface area contributed by atoms with Crippen molar-refractivity contribution >= 4 is 17.1 Å². The van der Waals surface area contributed by atoms with Crippen molar-refractivity contribution in [3.8, 4) is 89.5 Å². The van der Waals surface area contributed by atoms with Gasteiger partial charge in [0, 0.05) is 33.8 Å². The van der Waals surface area contributed by atoms with Crippen molar-refractivity contribution in [3.05, 3.63) is 273 Å². The average molecular weight is 856 g/mol. The topological polar surface area (TPSA) is 29.0 Å². The second-order valence-electron chi connectivity index (χ2n) is 16.6. The zero-order valence-electron chi connectivity index (χ0n) is 36.8. The number of benzene rings is 10. The average Bonchev–Trinajstić information content (AvgIpc) is 3.42. The Balaban J connectivity index is 0.881. The molecule has 10 aromatic carbocycles. The van der Waals surface area contributed by atoms with Gasteiger partial charge in [-0.15, -0.1) is 0 Å². The van der Waals surface area contributed by atoms with Gasteiger partial charge in [0.05, 0.1) is 11.4 Å². The van der Waals surface area contributed by atoms with Crippen LogP contribution in [0.15, 0.2) is 273 Å². The smallest absolute Gasteiger partial charge is 0.160 e. The molecule has 3 nitrogen and oxygen atoms in total. The van der Waals surface area contributed by atoms with E-state index in [1.807, 2.05) is 12.1 Å². The number of anilines is 3. The highest BCUT2D eigenvalue weighted by atomic mass is 15.1. The highest BCUT2D eigenvalue weighted by Crippen LogP contribution is 2.38. The molecule has 0 aliphatic rings. The first-order valence-corrected chi connectivity index (χ1v) is 22.7. The lowest BCUT2D eigenvalue weighted by atomic mass is 9.98. The van der Waals surface area contributed by atoms with Gasteiger partial charge in [-0.2, -0.15) is 0 Å². The van der Waals surface area contributed by atoms with Crippen LogP contribution in [0, 0.1) is 0 Å². The molecule has 0 N–H and O–H groups in total. The van der Waals surface area contributed by atoms with Crippen molar-refractivity contribution in [2.24, 2.45) is 0 Å². The third-order valence-corrected chi connectivity index (χ3v) is 12.3. The SMILES string of the molecule is c1ccc(-c2ccc(-c3cc(-c4ccc(-c5ccc(N(c6ccccc6)c6ccc(-c7cccc(-c8ccccc8)c7)cc6)cc5)cc4)nc(-c4ccc(-c5ccccc5)cc4)n3)cc2)cc1. The van der Waals surface area contributed by atoms with Gasteiger partial charge in [-0.05, 0) is 104 Å². The van der Waals surface area contributed by atoms with E-state index >= 15 is 0 Å². The first-order valence-electron chi connectivity index (χ1n) is 22.7. The molecule has 3 heteroatoms. The summed E-state index contributed by atoms with van der Waals surface area (Å²) in [6.45, 7) is 0. The summed E-state index contributed by atoms with van der Waals surface area (Å²) in [6.07, 6.45) is 0. The third kappa shape index (κ3) is 8.95. The van der Waals surface area contributed by atoms with Gasteiger partial charge in [0.1, 0.15) is 0 Å². The van der Waals surface area contributed by atoms with E-state index in [1.165, 1.54) is 38.9 Å². The monoisotopic (exact) mass is 855 g/mol. The van der Waals surface area contributed by atoms with Crippen LogP contribution in [0.1, 0.15) is 0 Å². The summed E-state index contributed by atoms with van der Waals surface area (Å²) in [5.41, 5.74) is 19.8. The van der Waals surface area contributed by atoms with Crippen LogP contribution in [0.2, 0.25) is 0 Å². The molecule has 11 rings (SSSR count). The minimum Gasteiger partial charge on any atom is -0.311 e. The van der Waals surface area contributed by atoms with Crippen molar-refractivity contribution in [1.82, 2.24) is 9.97 Å². The Morgan fingerprint density at radius 2 is 0.463 bits per heavy atom. The van der Waals surface area contributed by atoms with Gasteiger partial charge in [-0.25, -0.2) is 9.97 Å². The minimum absolute atomic E-state index is 0.689. The van der Waals surface area contributed by atoms with E-state index in [1.54, 1.807) is 0 Å². The second kappa shape index (κ2) is 18.7. The van der Waals surface area contributed by atoms with Crippen molar-refractivity contribution < 1.29 is 0 Å². The number of rotatable bonds is 11. The summed E-state index contributed by atoms with van der Waals surface area (Å²) in [4.78, 5) is 12.6. The van der Waals surface area contributed by atoms with E-state index in [0.29, 0.717) is 5.82 Å². The van der Waals surface area contributed by atoms with E-state index in [4.69, 9.17) is 9.97 Å². The molecule has 1 aromatic heterocycles. The highest BCUT2D eigenvalue weighted by Gasteiger charge is 2.15. The molecule has 11 aromatic rings. The number of hydrogen-bond donors (Lipinski definition) is 0. The summed E-state index contributed by atoms with van der Waals surface area (Å²) >= 11 is 0. The molecule has 0 bridgehead atoms. The predicted octanol–water partition coefficient (Wildman–Crippen LogP) is 17.3. The van der Waals surface area contributed by atoms with E-state index in [-0.39, 0.29) is 0 Å². The van der Waals surface area contributed by atoms with Crippen LogP contribution in [0.4, 0.5) is 17.1 Å². The molecule has 0 saturated heterocycles. The fourth-order valence-corrected chi connectivity index (χ4v) is 8.75. The van der Waals surface area contributed by atoms with Gasteiger partial charge in [-0.1, -0.05) is 224 Å². The maximum atomic E-state index is 5.18. The van der Waals surface area contributed by atoms with Crippen molar-refractivity contribution in [2.75, 3.05) is 4.90 Å². The molecule has 0 fully saturated rings. The van der Waals surface area contributed by atoms with Crippen LogP contribution >= 0.6 is 0 Å². The van der Waals surface area contributed by atoms with Crippen LogP contribution in [0.5, 0.6) is 0 Å². The predicted molar refractivity (Wildman–Crippen MR) is 280 cm³/mol. The summed E-state index contributed by atoms with van der Waals surface area (Å²) in [6, 6.07) is 96.5. The zero-order valence-corrected chi connectivity index (χ0v) is 36.8. The van der Waals surface area contributed by atoms with Gasteiger partial charge in [0.15, 0.2) is 5.82 Å². The minimum atomic E-state index is 0.689. The summed E-state index contributed by atoms with van der Waals surface area (Å²) < 4.78 is 0. The van der Waals surface area contributed by atoms with Crippen molar-refractivity contribution in [2.45, 2.75) is 0 Å². The van der Waals surface area contributed by atoms with Gasteiger partial charge in [0.25, 0.3) is 0 Å². The molecule has 0 amide bonds. The molecule has 0 atom stereocenters. The number of para-hydroxylation sites is 1. The quantitative estimate of drug-likeness (QED) is 0.130. The first kappa shape index (κ1) is 40.8. The Morgan fingerprint density at radius 1 is 0.194 bits per heavy atom. The number of aromatic nitrogens is 2. The van der Waals surface area contributed by atoms with Crippen LogP contribution < -0.4 is 4.90 Å². The molecule has 1 heterocycles. The van der Waals surface area contributed by atoms with Gasteiger partial charge >= 0.3 is 0 Å². The fraction of sp³-hybridized carbons (Fsp3) is 0. The van der Waals surface area contributed by atoms with E-state index < -0.39 is 0 Å². The molecule has 67 heavy (non-hydrogen) atoms. The lowest BCUT2D eigenvalue weighted by Gasteiger charge is -2.26.